The summed E-state index contributed by atoms with van der Waals surface area (Å²) in [4.78, 5) is 0. The van der Waals surface area contributed by atoms with Gasteiger partial charge in [0.15, 0.2) is 0 Å². The number of aromatic nitrogens is 3. The standard InChI is InChI=1S/C10H10FN3O2S/c1-2-9-12-13-10(17(11,15)16)14(9)8-6-4-3-5-7-8/h3-7H,2H2,1H3. The number of benzene rings is 1. The molecule has 0 radical (unpaired) electrons. The van der Waals surface area contributed by atoms with Crippen LogP contribution >= 0.6 is 0 Å². The maximum absolute atomic E-state index is 13.1. The fraction of sp³-hybridized carbons (Fsp3) is 0.200. The minimum Gasteiger partial charge on any atom is -0.268 e. The summed E-state index contributed by atoms with van der Waals surface area (Å²) in [5, 5.41) is 6.38. The van der Waals surface area contributed by atoms with Gasteiger partial charge in [-0.2, -0.15) is 8.42 Å². The molecule has 0 spiro atoms. The Morgan fingerprint density at radius 1 is 1.24 bits per heavy atom. The number of hydrogen-bond acceptors (Lipinski definition) is 4. The molecule has 2 rings (SSSR count). The van der Waals surface area contributed by atoms with Gasteiger partial charge in [0.2, 0.25) is 0 Å². The SMILES string of the molecule is CCc1nnc(S(=O)(=O)F)n1-c1ccccc1. The van der Waals surface area contributed by atoms with Gasteiger partial charge in [-0.05, 0) is 12.1 Å². The fourth-order valence-corrected chi connectivity index (χ4v) is 2.09. The summed E-state index contributed by atoms with van der Waals surface area (Å²) < 4.78 is 36.2. The Morgan fingerprint density at radius 2 is 1.88 bits per heavy atom. The fourth-order valence-electron chi connectivity index (χ4n) is 1.52. The molecule has 17 heavy (non-hydrogen) atoms. The molecule has 0 fully saturated rings. The van der Waals surface area contributed by atoms with E-state index in [1.54, 1.807) is 37.3 Å². The zero-order valence-electron chi connectivity index (χ0n) is 9.04. The van der Waals surface area contributed by atoms with Crippen molar-refractivity contribution in [3.05, 3.63) is 36.2 Å². The summed E-state index contributed by atoms with van der Waals surface area (Å²) in [6.45, 7) is 1.79. The van der Waals surface area contributed by atoms with Crippen molar-refractivity contribution in [2.75, 3.05) is 0 Å². The van der Waals surface area contributed by atoms with Crippen LogP contribution in [0.2, 0.25) is 0 Å². The number of rotatable bonds is 3. The zero-order chi connectivity index (χ0) is 12.5. The lowest BCUT2D eigenvalue weighted by atomic mass is 10.3. The van der Waals surface area contributed by atoms with Crippen molar-refractivity contribution < 1.29 is 12.3 Å². The van der Waals surface area contributed by atoms with Crippen molar-refractivity contribution in [1.29, 1.82) is 0 Å². The van der Waals surface area contributed by atoms with Crippen LogP contribution in [0.15, 0.2) is 35.5 Å². The Kier molecular flexibility index (Phi) is 2.93. The summed E-state index contributed by atoms with van der Waals surface area (Å²) in [5.74, 6) is 0.396. The average Bonchev–Trinajstić information content (AvgIpc) is 2.73. The Hall–Kier alpha value is -1.76. The number of halogens is 1. The zero-order valence-corrected chi connectivity index (χ0v) is 9.85. The van der Waals surface area contributed by atoms with Gasteiger partial charge in [0.25, 0.3) is 5.16 Å². The van der Waals surface area contributed by atoms with Gasteiger partial charge in [0.05, 0.1) is 0 Å². The van der Waals surface area contributed by atoms with E-state index in [0.717, 1.165) is 0 Å². The molecule has 0 unspecified atom stereocenters. The lowest BCUT2D eigenvalue weighted by Crippen LogP contribution is -2.07. The highest BCUT2D eigenvalue weighted by molar-refractivity contribution is 7.86. The first-order valence-electron chi connectivity index (χ1n) is 4.98. The molecule has 0 bridgehead atoms. The van der Waals surface area contributed by atoms with E-state index in [0.29, 0.717) is 17.9 Å². The molecule has 0 N–H and O–H groups in total. The maximum atomic E-state index is 13.1. The predicted octanol–water partition coefficient (Wildman–Crippen LogP) is 1.49. The average molecular weight is 255 g/mol. The van der Waals surface area contributed by atoms with Gasteiger partial charge in [-0.3, -0.25) is 4.57 Å². The quantitative estimate of drug-likeness (QED) is 0.779. The number of para-hydroxylation sites is 1. The smallest absolute Gasteiger partial charge is 0.268 e. The number of aryl methyl sites for hydroxylation is 1. The second kappa shape index (κ2) is 4.25. The molecular formula is C10H10FN3O2S. The van der Waals surface area contributed by atoms with Crippen LogP contribution in [0.1, 0.15) is 12.7 Å². The lowest BCUT2D eigenvalue weighted by molar-refractivity contribution is 0.537. The normalized spacial score (nSPS) is 11.6. The highest BCUT2D eigenvalue weighted by atomic mass is 32.3. The van der Waals surface area contributed by atoms with Crippen LogP contribution in [-0.4, -0.2) is 23.2 Å². The molecule has 0 aliphatic carbocycles. The molecule has 1 aromatic heterocycles. The Labute approximate surface area is 98.1 Å². The first-order valence-corrected chi connectivity index (χ1v) is 6.36. The summed E-state index contributed by atoms with van der Waals surface area (Å²) >= 11 is 0. The van der Waals surface area contributed by atoms with Gasteiger partial charge in [-0.15, -0.1) is 10.2 Å². The first-order chi connectivity index (χ1) is 8.04. The Morgan fingerprint density at radius 3 is 2.41 bits per heavy atom. The van der Waals surface area contributed by atoms with Crippen molar-refractivity contribution in [3.8, 4) is 5.69 Å². The molecule has 2 aromatic rings. The topological polar surface area (TPSA) is 64.8 Å². The lowest BCUT2D eigenvalue weighted by Gasteiger charge is -2.06. The van der Waals surface area contributed by atoms with E-state index in [9.17, 15) is 12.3 Å². The van der Waals surface area contributed by atoms with Crippen molar-refractivity contribution in [2.45, 2.75) is 18.5 Å². The predicted molar refractivity (Wildman–Crippen MR) is 59.0 cm³/mol. The van der Waals surface area contributed by atoms with Gasteiger partial charge in [-0.1, -0.05) is 29.0 Å². The molecule has 0 aliphatic rings. The van der Waals surface area contributed by atoms with Gasteiger partial charge >= 0.3 is 10.2 Å². The molecule has 1 heterocycles. The molecule has 0 atom stereocenters. The molecule has 90 valence electrons. The van der Waals surface area contributed by atoms with E-state index >= 15 is 0 Å². The third kappa shape index (κ3) is 2.19. The van der Waals surface area contributed by atoms with E-state index in [4.69, 9.17) is 0 Å². The number of hydrogen-bond donors (Lipinski definition) is 0. The van der Waals surface area contributed by atoms with Crippen LogP contribution in [0.25, 0.3) is 5.69 Å². The molecule has 1 aromatic carbocycles. The minimum absolute atomic E-state index is 0.396. The van der Waals surface area contributed by atoms with Crippen molar-refractivity contribution >= 4 is 10.2 Å². The van der Waals surface area contributed by atoms with Crippen LogP contribution in [0.5, 0.6) is 0 Å². The number of nitrogens with zero attached hydrogens (tertiary/aromatic N) is 3. The van der Waals surface area contributed by atoms with E-state index < -0.39 is 15.4 Å². The highest BCUT2D eigenvalue weighted by Gasteiger charge is 2.24. The minimum atomic E-state index is -4.88. The van der Waals surface area contributed by atoms with Crippen LogP contribution < -0.4 is 0 Å². The van der Waals surface area contributed by atoms with E-state index in [2.05, 4.69) is 10.2 Å². The highest BCUT2D eigenvalue weighted by Crippen LogP contribution is 2.18. The third-order valence-corrected chi connectivity index (χ3v) is 2.95. The molecule has 0 saturated carbocycles. The second-order valence-electron chi connectivity index (χ2n) is 3.36. The van der Waals surface area contributed by atoms with Crippen molar-refractivity contribution in [2.24, 2.45) is 0 Å². The molecule has 0 aliphatic heterocycles. The van der Waals surface area contributed by atoms with Crippen LogP contribution in [0, 0.1) is 0 Å². The van der Waals surface area contributed by atoms with Crippen molar-refractivity contribution in [3.63, 3.8) is 0 Å². The van der Waals surface area contributed by atoms with Gasteiger partial charge < -0.3 is 0 Å². The largest absolute Gasteiger partial charge is 0.368 e. The first kappa shape index (κ1) is 11.7. The van der Waals surface area contributed by atoms with Gasteiger partial charge in [-0.25, -0.2) is 0 Å². The molecular weight excluding hydrogens is 245 g/mol. The Bertz CT molecular complexity index is 622. The summed E-state index contributed by atoms with van der Waals surface area (Å²) in [6, 6.07) is 8.56. The molecule has 0 amide bonds. The molecule has 0 saturated heterocycles. The van der Waals surface area contributed by atoms with Crippen molar-refractivity contribution in [1.82, 2.24) is 14.8 Å². The maximum Gasteiger partial charge on any atom is 0.368 e. The third-order valence-electron chi connectivity index (χ3n) is 2.25. The summed E-state index contributed by atoms with van der Waals surface area (Å²) in [7, 11) is -4.88. The van der Waals surface area contributed by atoms with E-state index in [1.807, 2.05) is 0 Å². The van der Waals surface area contributed by atoms with Gasteiger partial charge in [0.1, 0.15) is 5.82 Å². The molecule has 7 heteroatoms. The second-order valence-corrected chi connectivity index (χ2v) is 4.60. The Balaban J connectivity index is 2.71. The van der Waals surface area contributed by atoms with Gasteiger partial charge in [0, 0.05) is 12.1 Å². The summed E-state index contributed by atoms with van der Waals surface area (Å²) in [5.41, 5.74) is 0.519. The van der Waals surface area contributed by atoms with Crippen LogP contribution in [-0.2, 0) is 16.6 Å². The van der Waals surface area contributed by atoms with E-state index in [1.165, 1.54) is 4.57 Å². The van der Waals surface area contributed by atoms with Crippen LogP contribution in [0.3, 0.4) is 0 Å². The molecule has 5 nitrogen and oxygen atoms in total. The monoisotopic (exact) mass is 255 g/mol. The van der Waals surface area contributed by atoms with Crippen LogP contribution in [0.4, 0.5) is 3.89 Å². The van der Waals surface area contributed by atoms with E-state index in [-0.39, 0.29) is 0 Å². The summed E-state index contributed by atoms with van der Waals surface area (Å²) in [6.07, 6.45) is 0.456.